The minimum absolute atomic E-state index is 0.127. The van der Waals surface area contributed by atoms with Crippen LogP contribution in [0.4, 0.5) is 0 Å². The number of hydrogen-bond donors (Lipinski definition) is 0. The van der Waals surface area contributed by atoms with Crippen molar-refractivity contribution in [3.8, 4) is 11.5 Å². The zero-order valence-electron chi connectivity index (χ0n) is 15.0. The quantitative estimate of drug-likeness (QED) is 0.668. The number of aryl methyl sites for hydroxylation is 2. The van der Waals surface area contributed by atoms with Crippen molar-refractivity contribution in [2.45, 2.75) is 25.3 Å². The lowest BCUT2D eigenvalue weighted by molar-refractivity contribution is 0.414. The first kappa shape index (κ1) is 18.5. The van der Waals surface area contributed by atoms with E-state index in [1.807, 2.05) is 30.5 Å². The van der Waals surface area contributed by atoms with Crippen LogP contribution in [0.25, 0.3) is 10.2 Å². The van der Waals surface area contributed by atoms with Crippen LogP contribution >= 0.6 is 11.3 Å². The highest BCUT2D eigenvalue weighted by Gasteiger charge is 2.17. The minimum Gasteiger partial charge on any atom is -0.497 e. The van der Waals surface area contributed by atoms with Crippen LogP contribution in [0.1, 0.15) is 12.5 Å². The average Bonchev–Trinajstić information content (AvgIpc) is 3.00. The van der Waals surface area contributed by atoms with E-state index in [1.54, 1.807) is 19.2 Å². The van der Waals surface area contributed by atoms with Crippen molar-refractivity contribution in [1.82, 2.24) is 4.57 Å². The van der Waals surface area contributed by atoms with Crippen LogP contribution in [0.2, 0.25) is 0 Å². The molecule has 8 heteroatoms. The second kappa shape index (κ2) is 7.13. The average molecular weight is 393 g/mol. The first-order chi connectivity index (χ1) is 12.4. The highest BCUT2D eigenvalue weighted by atomic mass is 32.2. The summed E-state index contributed by atoms with van der Waals surface area (Å²) in [5, 5.41) is 0. The molecule has 1 aromatic heterocycles. The molecule has 0 fully saturated rings. The standard InChI is InChI=1S/C18H20N2O4S2/c1-5-20-16-15(24-4)11-6-12(2)17(16)25-18(20)19-26(21,22)14-9-7-13(23-3)8-10-14/h6-11H,5H2,1-4H3/b19-18-. The molecule has 6 nitrogen and oxygen atoms in total. The second-order valence-corrected chi connectivity index (χ2v) is 8.21. The molecular formula is C18H20N2O4S2. The van der Waals surface area contributed by atoms with Gasteiger partial charge in [0, 0.05) is 6.54 Å². The van der Waals surface area contributed by atoms with Gasteiger partial charge in [-0.15, -0.1) is 4.40 Å². The van der Waals surface area contributed by atoms with Crippen molar-refractivity contribution >= 4 is 31.6 Å². The van der Waals surface area contributed by atoms with E-state index < -0.39 is 10.0 Å². The Morgan fingerprint density at radius 3 is 2.35 bits per heavy atom. The van der Waals surface area contributed by atoms with Crippen molar-refractivity contribution in [3.63, 3.8) is 0 Å². The number of benzene rings is 2. The Balaban J connectivity index is 2.24. The zero-order chi connectivity index (χ0) is 18.9. The molecule has 0 radical (unpaired) electrons. The van der Waals surface area contributed by atoms with Crippen LogP contribution in [0, 0.1) is 6.92 Å². The van der Waals surface area contributed by atoms with E-state index in [1.165, 1.54) is 30.6 Å². The molecule has 0 bridgehead atoms. The Bertz CT molecular complexity index is 1110. The summed E-state index contributed by atoms with van der Waals surface area (Å²) in [7, 11) is -0.696. The topological polar surface area (TPSA) is 69.9 Å². The van der Waals surface area contributed by atoms with E-state index in [0.29, 0.717) is 22.8 Å². The third-order valence-electron chi connectivity index (χ3n) is 4.08. The molecule has 0 aliphatic carbocycles. The first-order valence-electron chi connectivity index (χ1n) is 8.03. The molecule has 0 saturated carbocycles. The van der Waals surface area contributed by atoms with Gasteiger partial charge < -0.3 is 14.0 Å². The fraction of sp³-hybridized carbons (Fsp3) is 0.278. The Morgan fingerprint density at radius 2 is 1.77 bits per heavy atom. The molecule has 0 amide bonds. The summed E-state index contributed by atoms with van der Waals surface area (Å²) < 4.78 is 42.9. The van der Waals surface area contributed by atoms with Crippen LogP contribution in [0.15, 0.2) is 45.7 Å². The predicted molar refractivity (Wildman–Crippen MR) is 103 cm³/mol. The zero-order valence-corrected chi connectivity index (χ0v) is 16.6. The third-order valence-corrected chi connectivity index (χ3v) is 6.69. The molecule has 138 valence electrons. The van der Waals surface area contributed by atoms with Crippen LogP contribution in [0.3, 0.4) is 0 Å². The van der Waals surface area contributed by atoms with Gasteiger partial charge in [-0.25, -0.2) is 0 Å². The minimum atomic E-state index is -3.83. The number of nitrogens with zero attached hydrogens (tertiary/aromatic N) is 2. The molecule has 0 atom stereocenters. The van der Waals surface area contributed by atoms with Gasteiger partial charge in [0.05, 0.1) is 23.8 Å². The Labute approximate surface area is 156 Å². The molecule has 0 aliphatic heterocycles. The molecule has 0 saturated heterocycles. The van der Waals surface area contributed by atoms with Crippen molar-refractivity contribution in [3.05, 3.63) is 46.8 Å². The van der Waals surface area contributed by atoms with Crippen LogP contribution in [0.5, 0.6) is 11.5 Å². The molecule has 0 N–H and O–H groups in total. The molecular weight excluding hydrogens is 372 g/mol. The van der Waals surface area contributed by atoms with Gasteiger partial charge in [0.15, 0.2) is 0 Å². The van der Waals surface area contributed by atoms with Gasteiger partial charge in [-0.05, 0) is 49.7 Å². The number of aromatic nitrogens is 1. The van der Waals surface area contributed by atoms with Crippen LogP contribution in [-0.4, -0.2) is 27.2 Å². The van der Waals surface area contributed by atoms with E-state index in [4.69, 9.17) is 9.47 Å². The molecule has 1 heterocycles. The second-order valence-electron chi connectivity index (χ2n) is 5.63. The number of methoxy groups -OCH3 is 2. The van der Waals surface area contributed by atoms with Crippen LogP contribution < -0.4 is 14.3 Å². The first-order valence-corrected chi connectivity index (χ1v) is 10.3. The molecule has 3 aromatic rings. The van der Waals surface area contributed by atoms with Gasteiger partial charge in [-0.2, -0.15) is 8.42 Å². The maximum Gasteiger partial charge on any atom is 0.285 e. The molecule has 0 spiro atoms. The number of hydrogen-bond acceptors (Lipinski definition) is 5. The summed E-state index contributed by atoms with van der Waals surface area (Å²) in [4.78, 5) is 0.549. The third kappa shape index (κ3) is 3.22. The highest BCUT2D eigenvalue weighted by molar-refractivity contribution is 7.90. The van der Waals surface area contributed by atoms with Crippen molar-refractivity contribution < 1.29 is 17.9 Å². The van der Waals surface area contributed by atoms with Gasteiger partial charge >= 0.3 is 0 Å². The lowest BCUT2D eigenvalue weighted by Crippen LogP contribution is -2.16. The SMILES string of the molecule is CCn1/c(=N/S(=O)(=O)c2ccc(OC)cc2)sc2c(C)ccc(OC)c21. The maximum atomic E-state index is 12.7. The summed E-state index contributed by atoms with van der Waals surface area (Å²) in [6.45, 7) is 4.52. The fourth-order valence-electron chi connectivity index (χ4n) is 2.71. The Morgan fingerprint density at radius 1 is 1.08 bits per heavy atom. The maximum absolute atomic E-state index is 12.7. The van der Waals surface area contributed by atoms with E-state index in [9.17, 15) is 8.42 Å². The highest BCUT2D eigenvalue weighted by Crippen LogP contribution is 2.30. The van der Waals surface area contributed by atoms with E-state index in [-0.39, 0.29) is 4.90 Å². The van der Waals surface area contributed by atoms with Gasteiger partial charge in [0.25, 0.3) is 10.0 Å². The summed E-state index contributed by atoms with van der Waals surface area (Å²) in [6.07, 6.45) is 0. The monoisotopic (exact) mass is 392 g/mol. The van der Waals surface area contributed by atoms with E-state index in [0.717, 1.165) is 15.8 Å². The van der Waals surface area contributed by atoms with Gasteiger partial charge in [-0.3, -0.25) is 0 Å². The molecule has 3 rings (SSSR count). The normalized spacial score (nSPS) is 12.5. The summed E-state index contributed by atoms with van der Waals surface area (Å²) >= 11 is 1.35. The predicted octanol–water partition coefficient (Wildman–Crippen LogP) is 3.34. The lowest BCUT2D eigenvalue weighted by Gasteiger charge is -2.07. The number of thiazole rings is 1. The largest absolute Gasteiger partial charge is 0.497 e. The van der Waals surface area contributed by atoms with Crippen molar-refractivity contribution in [1.29, 1.82) is 0 Å². The number of rotatable bonds is 5. The molecule has 26 heavy (non-hydrogen) atoms. The van der Waals surface area contributed by atoms with Gasteiger partial charge in [0.1, 0.15) is 17.0 Å². The van der Waals surface area contributed by atoms with Crippen molar-refractivity contribution in [2.24, 2.45) is 4.40 Å². The number of sulfonamides is 1. The Kier molecular flexibility index (Phi) is 5.06. The number of ether oxygens (including phenoxy) is 2. The smallest absolute Gasteiger partial charge is 0.285 e. The fourth-order valence-corrected chi connectivity index (χ4v) is 5.09. The van der Waals surface area contributed by atoms with Gasteiger partial charge in [0.2, 0.25) is 4.80 Å². The van der Waals surface area contributed by atoms with Gasteiger partial charge in [-0.1, -0.05) is 17.4 Å². The summed E-state index contributed by atoms with van der Waals surface area (Å²) in [5.74, 6) is 1.29. The van der Waals surface area contributed by atoms with Crippen LogP contribution in [-0.2, 0) is 16.6 Å². The summed E-state index contributed by atoms with van der Waals surface area (Å²) in [5.41, 5.74) is 1.92. The summed E-state index contributed by atoms with van der Waals surface area (Å²) in [6, 6.07) is 10.0. The van der Waals surface area contributed by atoms with E-state index >= 15 is 0 Å². The Hall–Kier alpha value is -2.32. The number of fused-ring (bicyclic) bond motifs is 1. The van der Waals surface area contributed by atoms with Crippen molar-refractivity contribution in [2.75, 3.05) is 14.2 Å². The molecule has 0 aliphatic rings. The van der Waals surface area contributed by atoms with E-state index in [2.05, 4.69) is 4.40 Å². The molecule has 0 unspecified atom stereocenters. The lowest BCUT2D eigenvalue weighted by atomic mass is 10.2. The molecule has 2 aromatic carbocycles.